The lowest BCUT2D eigenvalue weighted by atomic mass is 10.0. The molecule has 0 saturated carbocycles. The molecule has 0 bridgehead atoms. The Labute approximate surface area is 137 Å². The van der Waals surface area contributed by atoms with E-state index in [1.165, 1.54) is 5.56 Å². The summed E-state index contributed by atoms with van der Waals surface area (Å²) in [7, 11) is 1.67. The van der Waals surface area contributed by atoms with Crippen LogP contribution >= 0.6 is 0 Å². The summed E-state index contributed by atoms with van der Waals surface area (Å²) in [6.07, 6.45) is 0.437. The van der Waals surface area contributed by atoms with E-state index < -0.39 is 0 Å². The van der Waals surface area contributed by atoms with E-state index in [2.05, 4.69) is 34.5 Å². The van der Waals surface area contributed by atoms with Crippen LogP contribution in [0.1, 0.15) is 12.0 Å². The minimum Gasteiger partial charge on any atom is -0.495 e. The minimum atomic E-state index is -0.341. The molecule has 0 aliphatic carbocycles. The third-order valence-corrected chi connectivity index (χ3v) is 4.36. The topological polar surface area (TPSA) is 44.7 Å². The molecule has 2 aromatic rings. The first-order valence-electron chi connectivity index (χ1n) is 8.10. The first kappa shape index (κ1) is 15.8. The number of hydrogen-bond donors (Lipinski definition) is 2. The van der Waals surface area contributed by atoms with Gasteiger partial charge in [0, 0.05) is 19.6 Å². The summed E-state index contributed by atoms with van der Waals surface area (Å²) in [5.74, 6) is 0.805. The number of anilines is 1. The summed E-state index contributed by atoms with van der Waals surface area (Å²) in [6, 6.07) is 18.3. The Bertz CT molecular complexity index is 618. The number of ether oxygens (including phenoxy) is 1. The quantitative estimate of drug-likeness (QED) is 0.891. The highest BCUT2D eigenvalue weighted by molar-refractivity contribution is 5.57. The average molecular weight is 312 g/mol. The van der Waals surface area contributed by atoms with Gasteiger partial charge < -0.3 is 15.2 Å². The van der Waals surface area contributed by atoms with E-state index in [4.69, 9.17) is 4.74 Å². The molecular weight excluding hydrogens is 288 g/mol. The maximum absolute atomic E-state index is 10.3. The molecule has 0 unspecified atom stereocenters. The van der Waals surface area contributed by atoms with Crippen LogP contribution in [0.4, 0.5) is 5.69 Å². The average Bonchev–Trinajstić information content (AvgIpc) is 2.59. The van der Waals surface area contributed by atoms with Gasteiger partial charge in [-0.1, -0.05) is 42.5 Å². The van der Waals surface area contributed by atoms with Crippen LogP contribution in [0.3, 0.4) is 0 Å². The smallest absolute Gasteiger partial charge is 0.141 e. The maximum Gasteiger partial charge on any atom is 0.141 e. The zero-order chi connectivity index (χ0) is 16.1. The van der Waals surface area contributed by atoms with Crippen molar-refractivity contribution in [3.63, 3.8) is 0 Å². The molecule has 1 aliphatic heterocycles. The molecule has 4 heteroatoms. The van der Waals surface area contributed by atoms with Crippen molar-refractivity contribution < 1.29 is 9.84 Å². The lowest BCUT2D eigenvalue weighted by Crippen LogP contribution is -2.50. The number of para-hydroxylation sites is 2. The molecule has 2 atom stereocenters. The van der Waals surface area contributed by atoms with Crippen LogP contribution in [0.15, 0.2) is 54.6 Å². The normalized spacial score (nSPS) is 21.8. The first-order chi connectivity index (χ1) is 11.3. The Morgan fingerprint density at radius 3 is 2.65 bits per heavy atom. The van der Waals surface area contributed by atoms with Gasteiger partial charge in [0.05, 0.1) is 24.9 Å². The van der Waals surface area contributed by atoms with Crippen LogP contribution in [-0.2, 0) is 6.54 Å². The molecular formula is C19H24N2O2. The van der Waals surface area contributed by atoms with Crippen LogP contribution in [0.5, 0.6) is 5.75 Å². The number of rotatable bonds is 5. The number of hydrogen-bond acceptors (Lipinski definition) is 4. The second kappa shape index (κ2) is 7.49. The van der Waals surface area contributed by atoms with Crippen LogP contribution in [-0.4, -0.2) is 42.4 Å². The van der Waals surface area contributed by atoms with E-state index in [0.717, 1.165) is 37.5 Å². The first-order valence-corrected chi connectivity index (χ1v) is 8.10. The van der Waals surface area contributed by atoms with Crippen molar-refractivity contribution in [1.29, 1.82) is 0 Å². The molecule has 23 heavy (non-hydrogen) atoms. The minimum absolute atomic E-state index is 0.00348. The van der Waals surface area contributed by atoms with Gasteiger partial charge in [-0.25, -0.2) is 0 Å². The Kier molecular flexibility index (Phi) is 5.16. The van der Waals surface area contributed by atoms with Crippen LogP contribution in [0, 0.1) is 0 Å². The van der Waals surface area contributed by atoms with E-state index in [-0.39, 0.29) is 12.1 Å². The molecule has 4 nitrogen and oxygen atoms in total. The molecule has 2 N–H and O–H groups in total. The number of aliphatic hydroxyl groups is 1. The zero-order valence-corrected chi connectivity index (χ0v) is 13.5. The Hall–Kier alpha value is -2.04. The number of aliphatic hydroxyl groups excluding tert-OH is 1. The number of nitrogens with zero attached hydrogens (tertiary/aromatic N) is 1. The van der Waals surface area contributed by atoms with Crippen molar-refractivity contribution in [1.82, 2.24) is 4.90 Å². The number of likely N-dealkylation sites (tertiary alicyclic amines) is 1. The summed E-state index contributed by atoms with van der Waals surface area (Å²) >= 11 is 0. The van der Waals surface area contributed by atoms with E-state index >= 15 is 0 Å². The van der Waals surface area contributed by atoms with E-state index in [1.807, 2.05) is 30.3 Å². The van der Waals surface area contributed by atoms with Gasteiger partial charge >= 0.3 is 0 Å². The van der Waals surface area contributed by atoms with Gasteiger partial charge in [-0.3, -0.25) is 4.90 Å². The van der Waals surface area contributed by atoms with Crippen molar-refractivity contribution >= 4 is 5.69 Å². The molecule has 0 aromatic heterocycles. The van der Waals surface area contributed by atoms with E-state index in [9.17, 15) is 5.11 Å². The lowest BCUT2D eigenvalue weighted by molar-refractivity contribution is 0.0665. The molecule has 1 saturated heterocycles. The molecule has 0 spiro atoms. The molecule has 1 fully saturated rings. The summed E-state index contributed by atoms with van der Waals surface area (Å²) < 4.78 is 5.39. The van der Waals surface area contributed by atoms with Crippen molar-refractivity contribution in [2.24, 2.45) is 0 Å². The number of benzene rings is 2. The highest BCUT2D eigenvalue weighted by Crippen LogP contribution is 2.26. The third kappa shape index (κ3) is 4.03. The molecule has 0 radical (unpaired) electrons. The number of methoxy groups -OCH3 is 1. The standard InChI is InChI=1S/C19H24N2O2/c1-23-19-10-6-5-9-16(19)20-17-14-21(12-11-18(17)22)13-15-7-3-2-4-8-15/h2-10,17-18,20,22H,11-14H2,1H3/t17-,18-/m1/s1. The molecule has 0 amide bonds. The molecule has 3 rings (SSSR count). The van der Waals surface area contributed by atoms with Gasteiger partial charge in [0.25, 0.3) is 0 Å². The number of nitrogens with one attached hydrogen (secondary N) is 1. The van der Waals surface area contributed by atoms with Gasteiger partial charge in [-0.15, -0.1) is 0 Å². The SMILES string of the molecule is COc1ccccc1N[C@@H]1CN(Cc2ccccc2)CC[C@H]1O. The Balaban J connectivity index is 1.66. The molecule has 2 aromatic carbocycles. The summed E-state index contributed by atoms with van der Waals surface area (Å²) in [4.78, 5) is 2.38. The van der Waals surface area contributed by atoms with Gasteiger partial charge in [0.15, 0.2) is 0 Å². The van der Waals surface area contributed by atoms with E-state index in [0.29, 0.717) is 0 Å². The summed E-state index contributed by atoms with van der Waals surface area (Å²) in [6.45, 7) is 2.64. The predicted octanol–water partition coefficient (Wildman–Crippen LogP) is 2.74. The van der Waals surface area contributed by atoms with Gasteiger partial charge in [-0.2, -0.15) is 0 Å². The Morgan fingerprint density at radius 2 is 1.87 bits per heavy atom. The second-order valence-electron chi connectivity index (χ2n) is 6.03. The van der Waals surface area contributed by atoms with E-state index in [1.54, 1.807) is 7.11 Å². The van der Waals surface area contributed by atoms with Crippen molar-refractivity contribution in [3.8, 4) is 5.75 Å². The molecule has 1 aliphatic rings. The fourth-order valence-electron chi connectivity index (χ4n) is 3.10. The summed E-state index contributed by atoms with van der Waals surface area (Å²) in [5.41, 5.74) is 2.24. The van der Waals surface area contributed by atoms with Crippen molar-refractivity contribution in [3.05, 3.63) is 60.2 Å². The van der Waals surface area contributed by atoms with Crippen LogP contribution < -0.4 is 10.1 Å². The van der Waals surface area contributed by atoms with Gasteiger partial charge in [0.1, 0.15) is 5.75 Å². The third-order valence-electron chi connectivity index (χ3n) is 4.36. The molecule has 1 heterocycles. The zero-order valence-electron chi connectivity index (χ0n) is 13.5. The van der Waals surface area contributed by atoms with Gasteiger partial charge in [0.2, 0.25) is 0 Å². The monoisotopic (exact) mass is 312 g/mol. The lowest BCUT2D eigenvalue weighted by Gasteiger charge is -2.37. The maximum atomic E-state index is 10.3. The number of piperidine rings is 1. The highest BCUT2D eigenvalue weighted by atomic mass is 16.5. The fraction of sp³-hybridized carbons (Fsp3) is 0.368. The fourth-order valence-corrected chi connectivity index (χ4v) is 3.10. The van der Waals surface area contributed by atoms with Crippen LogP contribution in [0.2, 0.25) is 0 Å². The largest absolute Gasteiger partial charge is 0.495 e. The van der Waals surface area contributed by atoms with Gasteiger partial charge in [-0.05, 0) is 24.1 Å². The van der Waals surface area contributed by atoms with Crippen molar-refractivity contribution in [2.75, 3.05) is 25.5 Å². The predicted molar refractivity (Wildman–Crippen MR) is 92.7 cm³/mol. The summed E-state index contributed by atoms with van der Waals surface area (Å²) in [5, 5.41) is 13.8. The van der Waals surface area contributed by atoms with Crippen LogP contribution in [0.25, 0.3) is 0 Å². The Morgan fingerprint density at radius 1 is 1.13 bits per heavy atom. The molecule has 122 valence electrons. The highest BCUT2D eigenvalue weighted by Gasteiger charge is 2.28. The van der Waals surface area contributed by atoms with Crippen molar-refractivity contribution in [2.45, 2.75) is 25.1 Å². The second-order valence-corrected chi connectivity index (χ2v) is 6.03.